The molecule has 0 unspecified atom stereocenters. The number of fused-ring (bicyclic) bond motifs is 2. The molecule has 0 spiro atoms. The zero-order chi connectivity index (χ0) is 28.7. The van der Waals surface area contributed by atoms with Gasteiger partial charge in [0.05, 0.1) is 35.7 Å². The minimum absolute atomic E-state index is 0.0344. The van der Waals surface area contributed by atoms with Gasteiger partial charge in [-0.2, -0.15) is 5.26 Å². The first-order valence-electron chi connectivity index (χ1n) is 14.7. The van der Waals surface area contributed by atoms with Crippen LogP contribution in [0, 0.1) is 39.9 Å². The fourth-order valence-corrected chi connectivity index (χ4v) is 7.31. The van der Waals surface area contributed by atoms with Crippen LogP contribution in [0.1, 0.15) is 94.0 Å². The van der Waals surface area contributed by atoms with Gasteiger partial charge in [0.1, 0.15) is 17.6 Å². The predicted octanol–water partition coefficient (Wildman–Crippen LogP) is 4.43. The fourth-order valence-electron chi connectivity index (χ4n) is 7.31. The highest BCUT2D eigenvalue weighted by molar-refractivity contribution is 5.98. The second kappa shape index (κ2) is 10.9. The predicted molar refractivity (Wildman–Crippen MR) is 147 cm³/mol. The number of aliphatic carboxylic acids is 1. The zero-order valence-electron chi connectivity index (χ0n) is 23.8. The lowest BCUT2D eigenvalue weighted by molar-refractivity contribution is -0.150. The maximum Gasteiger partial charge on any atom is 0.309 e. The summed E-state index contributed by atoms with van der Waals surface area (Å²) < 4.78 is 11.7. The van der Waals surface area contributed by atoms with Crippen molar-refractivity contribution in [2.24, 2.45) is 28.6 Å². The number of carboxylic acids is 1. The van der Waals surface area contributed by atoms with Crippen molar-refractivity contribution in [2.75, 3.05) is 13.7 Å². The minimum Gasteiger partial charge on any atom is -0.496 e. The van der Waals surface area contributed by atoms with Gasteiger partial charge in [0.2, 0.25) is 5.91 Å². The maximum absolute atomic E-state index is 13.7. The number of methoxy groups -OCH3 is 1. The van der Waals surface area contributed by atoms with Crippen molar-refractivity contribution in [3.63, 3.8) is 0 Å². The number of carbonyl (C=O) groups excluding carboxylic acids is 2. The summed E-state index contributed by atoms with van der Waals surface area (Å²) in [7, 11) is 1.45. The molecule has 1 aromatic rings. The standard InChI is InChI=1S/C31H41N3O6/c1-30(9-4-10-30)17-33-28(36)25-18-5-6-19(13-18)26(25)34-27(35)22-15-23(20(16-32)14-24(22)39-3)40-21-7-11-31(2,12-8-21)29(37)38/h14-15,18-19,21,25-26H,4-13,17H2,1-3H3,(H,33,36)(H,34,35)(H,37,38)/t18-,19+,21?,25+,26-,31?/m0/s1. The summed E-state index contributed by atoms with van der Waals surface area (Å²) >= 11 is 0. The molecule has 0 aromatic heterocycles. The van der Waals surface area contributed by atoms with Gasteiger partial charge in [0.25, 0.3) is 5.91 Å². The van der Waals surface area contributed by atoms with Gasteiger partial charge in [0, 0.05) is 18.7 Å². The second-order valence-electron chi connectivity index (χ2n) is 13.1. The summed E-state index contributed by atoms with van der Waals surface area (Å²) in [5.41, 5.74) is -0.0848. The first kappa shape index (κ1) is 28.3. The molecule has 4 aliphatic rings. The number of hydrogen-bond acceptors (Lipinski definition) is 6. The van der Waals surface area contributed by atoms with Crippen molar-refractivity contribution in [3.8, 4) is 17.6 Å². The van der Waals surface area contributed by atoms with Gasteiger partial charge in [-0.1, -0.05) is 13.3 Å². The second-order valence-corrected chi connectivity index (χ2v) is 13.1. The van der Waals surface area contributed by atoms with Gasteiger partial charge in [-0.3, -0.25) is 14.4 Å². The van der Waals surface area contributed by atoms with Crippen LogP contribution in [0.4, 0.5) is 0 Å². The Labute approximate surface area is 236 Å². The quantitative estimate of drug-likeness (QED) is 0.413. The monoisotopic (exact) mass is 551 g/mol. The Morgan fingerprint density at radius 2 is 1.75 bits per heavy atom. The molecule has 4 aliphatic carbocycles. The minimum atomic E-state index is -0.808. The Kier molecular flexibility index (Phi) is 7.73. The van der Waals surface area contributed by atoms with Gasteiger partial charge >= 0.3 is 5.97 Å². The third-order valence-electron chi connectivity index (χ3n) is 10.3. The van der Waals surface area contributed by atoms with Crippen LogP contribution in [-0.4, -0.2) is 48.7 Å². The number of benzene rings is 1. The third-order valence-corrected chi connectivity index (χ3v) is 10.3. The molecule has 9 heteroatoms. The van der Waals surface area contributed by atoms with Crippen LogP contribution < -0.4 is 20.1 Å². The number of amides is 2. The smallest absolute Gasteiger partial charge is 0.309 e. The lowest BCUT2D eigenvalue weighted by atomic mass is 9.70. The number of carbonyl (C=O) groups is 3. The lowest BCUT2D eigenvalue weighted by Gasteiger charge is -2.39. The molecule has 0 heterocycles. The van der Waals surface area contributed by atoms with Gasteiger partial charge in [-0.15, -0.1) is 0 Å². The van der Waals surface area contributed by atoms with Crippen molar-refractivity contribution in [1.29, 1.82) is 5.26 Å². The average Bonchev–Trinajstić information content (AvgIpc) is 3.53. The Morgan fingerprint density at radius 1 is 1.05 bits per heavy atom. The van der Waals surface area contributed by atoms with Crippen molar-refractivity contribution < 1.29 is 29.0 Å². The van der Waals surface area contributed by atoms with Crippen molar-refractivity contribution >= 4 is 17.8 Å². The molecule has 4 saturated carbocycles. The Hall–Kier alpha value is -3.28. The number of hydrogen-bond donors (Lipinski definition) is 3. The summed E-state index contributed by atoms with van der Waals surface area (Å²) in [5.74, 6) is -0.293. The number of rotatable bonds is 9. The van der Waals surface area contributed by atoms with E-state index in [1.807, 2.05) is 0 Å². The van der Waals surface area contributed by atoms with Crippen molar-refractivity contribution in [1.82, 2.24) is 10.6 Å². The molecule has 1 aromatic carbocycles. The van der Waals surface area contributed by atoms with E-state index in [4.69, 9.17) is 9.47 Å². The molecule has 216 valence electrons. The van der Waals surface area contributed by atoms with E-state index < -0.39 is 11.4 Å². The van der Waals surface area contributed by atoms with Crippen LogP contribution in [0.25, 0.3) is 0 Å². The first-order valence-corrected chi connectivity index (χ1v) is 14.7. The normalized spacial score (nSPS) is 31.9. The van der Waals surface area contributed by atoms with Crippen LogP contribution in [-0.2, 0) is 9.59 Å². The third kappa shape index (κ3) is 5.37. The molecule has 0 saturated heterocycles. The van der Waals surface area contributed by atoms with E-state index in [9.17, 15) is 24.8 Å². The summed E-state index contributed by atoms with van der Waals surface area (Å²) in [5, 5.41) is 25.7. The van der Waals surface area contributed by atoms with Crippen LogP contribution in [0.15, 0.2) is 12.1 Å². The summed E-state index contributed by atoms with van der Waals surface area (Å²) in [6.45, 7) is 4.64. The molecule has 40 heavy (non-hydrogen) atoms. The summed E-state index contributed by atoms with van der Waals surface area (Å²) in [4.78, 5) is 38.6. The molecule has 3 N–H and O–H groups in total. The largest absolute Gasteiger partial charge is 0.496 e. The highest BCUT2D eigenvalue weighted by Crippen LogP contribution is 2.49. The molecule has 2 amide bonds. The van der Waals surface area contributed by atoms with E-state index in [0.29, 0.717) is 32.2 Å². The number of ether oxygens (including phenoxy) is 2. The van der Waals surface area contributed by atoms with E-state index in [-0.39, 0.29) is 69.8 Å². The molecule has 2 bridgehead atoms. The van der Waals surface area contributed by atoms with Gasteiger partial charge < -0.3 is 25.2 Å². The molecule has 4 fully saturated rings. The fraction of sp³-hybridized carbons (Fsp3) is 0.677. The Balaban J connectivity index is 1.31. The Morgan fingerprint density at radius 3 is 2.35 bits per heavy atom. The number of nitrogens with one attached hydrogen (secondary N) is 2. The average molecular weight is 552 g/mol. The molecule has 4 atom stereocenters. The van der Waals surface area contributed by atoms with E-state index >= 15 is 0 Å². The van der Waals surface area contributed by atoms with Crippen molar-refractivity contribution in [3.05, 3.63) is 23.3 Å². The highest BCUT2D eigenvalue weighted by atomic mass is 16.5. The molecular weight excluding hydrogens is 510 g/mol. The van der Waals surface area contributed by atoms with Gasteiger partial charge in [0.15, 0.2) is 0 Å². The number of carboxylic acid groups (broad SMARTS) is 1. The molecule has 0 radical (unpaired) electrons. The van der Waals surface area contributed by atoms with Crippen LogP contribution in [0.2, 0.25) is 0 Å². The van der Waals surface area contributed by atoms with E-state index in [2.05, 4.69) is 23.6 Å². The van der Waals surface area contributed by atoms with E-state index in [1.165, 1.54) is 19.6 Å². The van der Waals surface area contributed by atoms with E-state index in [0.717, 1.165) is 32.1 Å². The number of nitriles is 1. The summed E-state index contributed by atoms with van der Waals surface area (Å²) in [6, 6.07) is 4.94. The van der Waals surface area contributed by atoms with Crippen LogP contribution >= 0.6 is 0 Å². The van der Waals surface area contributed by atoms with Crippen molar-refractivity contribution in [2.45, 2.75) is 90.2 Å². The molecule has 9 nitrogen and oxygen atoms in total. The maximum atomic E-state index is 13.7. The SMILES string of the molecule is COc1cc(C#N)c(OC2CCC(C)(C(=O)O)CC2)cc1C(=O)N[C@H]1[C@@H]2CC[C@@H](C2)[C@H]1C(=O)NCC1(C)CCC1. The molecular formula is C31H41N3O6. The van der Waals surface area contributed by atoms with E-state index in [1.54, 1.807) is 13.0 Å². The van der Waals surface area contributed by atoms with Gasteiger partial charge in [-0.25, -0.2) is 0 Å². The van der Waals surface area contributed by atoms with Crippen LogP contribution in [0.3, 0.4) is 0 Å². The zero-order valence-corrected chi connectivity index (χ0v) is 23.8. The Bertz CT molecular complexity index is 1210. The summed E-state index contributed by atoms with van der Waals surface area (Å²) in [6.07, 6.45) is 8.20. The number of nitrogens with zero attached hydrogens (tertiary/aromatic N) is 1. The van der Waals surface area contributed by atoms with Gasteiger partial charge in [-0.05, 0) is 88.0 Å². The molecule has 0 aliphatic heterocycles. The molecule has 5 rings (SSSR count). The highest BCUT2D eigenvalue weighted by Gasteiger charge is 2.51. The lowest BCUT2D eigenvalue weighted by Crippen LogP contribution is -2.51. The topological polar surface area (TPSA) is 138 Å². The van der Waals surface area contributed by atoms with Crippen LogP contribution in [0.5, 0.6) is 11.5 Å². The first-order chi connectivity index (χ1) is 19.1.